The predicted octanol–water partition coefficient (Wildman–Crippen LogP) is 4.36. The molecule has 1 heterocycles. The van der Waals surface area contributed by atoms with E-state index in [-0.39, 0.29) is 36.3 Å². The molecule has 0 saturated heterocycles. The van der Waals surface area contributed by atoms with E-state index in [9.17, 15) is 22.8 Å². The number of nitrogens with one attached hydrogen (secondary N) is 3. The first kappa shape index (κ1) is 33.4. The van der Waals surface area contributed by atoms with E-state index in [1.807, 2.05) is 43.3 Å². The Morgan fingerprint density at radius 3 is 2.24 bits per heavy atom. The van der Waals surface area contributed by atoms with Crippen molar-refractivity contribution in [3.63, 3.8) is 0 Å². The average molecular weight is 650 g/mol. The number of hydrogen-bond donors (Lipinski definition) is 3. The molecule has 0 radical (unpaired) electrons. The number of anilines is 3. The molecular weight excluding hydrogens is 614 g/mol. The molecular formula is C33H36ClN5O5S. The maximum atomic E-state index is 14.4. The van der Waals surface area contributed by atoms with E-state index in [1.165, 1.54) is 35.5 Å². The standard InChI is InChI=1S/C33H35N5O5S.ClH/c1-21-13-14-24-9-5-6-10-27(24)28(21)19-37-30-11-7-8-12-31(30)38(20-29(33(37)41)36-32(40)22(2)34-4)44(42,43)26-17-15-25(16-18-26)35-23(3)39;/h5-18,22,29,34H,19-20H2,1-4H3,(H,35,39)(H,36,40);1H/t22-,29-;/m0./s1. The van der Waals surface area contributed by atoms with Crippen molar-refractivity contribution >= 4 is 68.0 Å². The van der Waals surface area contributed by atoms with Crippen molar-refractivity contribution in [2.24, 2.45) is 0 Å². The van der Waals surface area contributed by atoms with E-state index in [0.717, 1.165) is 21.9 Å². The topological polar surface area (TPSA) is 128 Å². The van der Waals surface area contributed by atoms with Gasteiger partial charge in [0, 0.05) is 12.6 Å². The molecule has 0 fully saturated rings. The highest BCUT2D eigenvalue weighted by molar-refractivity contribution is 7.92. The van der Waals surface area contributed by atoms with Crippen LogP contribution in [-0.4, -0.2) is 51.8 Å². The molecule has 0 aromatic heterocycles. The van der Waals surface area contributed by atoms with Crippen LogP contribution < -0.4 is 25.2 Å². The molecule has 12 heteroatoms. The summed E-state index contributed by atoms with van der Waals surface area (Å²) in [4.78, 5) is 40.5. The molecule has 4 aromatic rings. The molecule has 0 bridgehead atoms. The van der Waals surface area contributed by atoms with Gasteiger partial charge in [0.2, 0.25) is 11.8 Å². The van der Waals surface area contributed by atoms with Gasteiger partial charge >= 0.3 is 0 Å². The zero-order valence-corrected chi connectivity index (χ0v) is 27.0. The van der Waals surface area contributed by atoms with Crippen LogP contribution in [0.3, 0.4) is 0 Å². The molecule has 3 N–H and O–H groups in total. The highest BCUT2D eigenvalue weighted by atomic mass is 35.5. The Hall–Kier alpha value is -4.45. The lowest BCUT2D eigenvalue weighted by Crippen LogP contribution is -2.55. The molecule has 1 aliphatic heterocycles. The van der Waals surface area contributed by atoms with Crippen molar-refractivity contribution in [3.05, 3.63) is 96.1 Å². The van der Waals surface area contributed by atoms with E-state index in [1.54, 1.807) is 43.1 Å². The van der Waals surface area contributed by atoms with Crippen molar-refractivity contribution in [1.29, 1.82) is 0 Å². The smallest absolute Gasteiger partial charge is 0.264 e. The fourth-order valence-electron chi connectivity index (χ4n) is 5.33. The van der Waals surface area contributed by atoms with E-state index < -0.39 is 33.9 Å². The van der Waals surface area contributed by atoms with Gasteiger partial charge in [-0.1, -0.05) is 48.5 Å². The zero-order chi connectivity index (χ0) is 31.6. The Bertz CT molecular complexity index is 1850. The zero-order valence-electron chi connectivity index (χ0n) is 25.4. The van der Waals surface area contributed by atoms with Gasteiger partial charge in [-0.15, -0.1) is 12.4 Å². The van der Waals surface area contributed by atoms with E-state index in [2.05, 4.69) is 16.0 Å². The highest BCUT2D eigenvalue weighted by Crippen LogP contribution is 2.38. The quantitative estimate of drug-likeness (QED) is 0.260. The van der Waals surface area contributed by atoms with Crippen LogP contribution in [0.25, 0.3) is 10.8 Å². The molecule has 0 unspecified atom stereocenters. The monoisotopic (exact) mass is 649 g/mol. The molecule has 3 amide bonds. The molecule has 0 spiro atoms. The second-order valence-corrected chi connectivity index (χ2v) is 12.7. The Kier molecular flexibility index (Phi) is 10.2. The summed E-state index contributed by atoms with van der Waals surface area (Å²) >= 11 is 0. The number of nitrogens with zero attached hydrogens (tertiary/aromatic N) is 2. The summed E-state index contributed by atoms with van der Waals surface area (Å²) < 4.78 is 29.7. The van der Waals surface area contributed by atoms with Crippen molar-refractivity contribution < 1.29 is 22.8 Å². The van der Waals surface area contributed by atoms with Gasteiger partial charge in [-0.25, -0.2) is 8.42 Å². The Morgan fingerprint density at radius 1 is 0.933 bits per heavy atom. The van der Waals surface area contributed by atoms with Crippen LogP contribution in [0.1, 0.15) is 25.0 Å². The molecule has 0 aliphatic carbocycles. The number of likely N-dealkylation sites (N-methyl/N-ethyl adjacent to an activating group) is 1. The van der Waals surface area contributed by atoms with E-state index in [0.29, 0.717) is 17.1 Å². The summed E-state index contributed by atoms with van der Waals surface area (Å²) in [5.41, 5.74) is 3.06. The minimum atomic E-state index is -4.23. The van der Waals surface area contributed by atoms with E-state index in [4.69, 9.17) is 0 Å². The maximum absolute atomic E-state index is 14.4. The predicted molar refractivity (Wildman–Crippen MR) is 179 cm³/mol. The van der Waals surface area contributed by atoms with Crippen molar-refractivity contribution in [3.8, 4) is 0 Å². The number of fused-ring (bicyclic) bond motifs is 2. The van der Waals surface area contributed by atoms with Crippen LogP contribution in [0.15, 0.2) is 89.8 Å². The van der Waals surface area contributed by atoms with Crippen LogP contribution in [0.2, 0.25) is 0 Å². The number of hydrogen-bond acceptors (Lipinski definition) is 6. The Morgan fingerprint density at radius 2 is 1.58 bits per heavy atom. The van der Waals surface area contributed by atoms with Gasteiger partial charge < -0.3 is 20.9 Å². The first-order valence-corrected chi connectivity index (χ1v) is 15.7. The van der Waals surface area contributed by atoms with Crippen molar-refractivity contribution in [1.82, 2.24) is 10.6 Å². The second-order valence-electron chi connectivity index (χ2n) is 10.8. The van der Waals surface area contributed by atoms with Crippen LogP contribution in [-0.2, 0) is 31.0 Å². The summed E-state index contributed by atoms with van der Waals surface area (Å²) in [6, 6.07) is 22.8. The van der Waals surface area contributed by atoms with Gasteiger partial charge in [-0.2, -0.15) is 0 Å². The number of amides is 3. The lowest BCUT2D eigenvalue weighted by atomic mass is 9.99. The SMILES string of the molecule is CN[C@@H](C)C(=O)N[C@H]1CN(S(=O)(=O)c2ccc(NC(C)=O)cc2)c2ccccc2N(Cc2c(C)ccc3ccccc23)C1=O.Cl. The lowest BCUT2D eigenvalue weighted by Gasteiger charge is -2.27. The molecule has 4 aromatic carbocycles. The third kappa shape index (κ3) is 6.80. The van der Waals surface area contributed by atoms with Gasteiger partial charge in [-0.3, -0.25) is 18.7 Å². The third-order valence-electron chi connectivity index (χ3n) is 7.85. The van der Waals surface area contributed by atoms with Crippen LogP contribution in [0.5, 0.6) is 0 Å². The summed E-state index contributed by atoms with van der Waals surface area (Å²) in [5.74, 6) is -1.15. The number of carbonyl (C=O) groups excluding carboxylic acids is 3. The van der Waals surface area contributed by atoms with Crippen LogP contribution in [0, 0.1) is 6.92 Å². The van der Waals surface area contributed by atoms with Gasteiger partial charge in [0.05, 0.1) is 35.4 Å². The average Bonchev–Trinajstić information content (AvgIpc) is 3.12. The number of halogens is 1. The molecule has 2 atom stereocenters. The summed E-state index contributed by atoms with van der Waals surface area (Å²) in [6.45, 7) is 4.85. The normalized spacial score (nSPS) is 15.5. The summed E-state index contributed by atoms with van der Waals surface area (Å²) in [6.07, 6.45) is 0. The van der Waals surface area contributed by atoms with Gasteiger partial charge in [0.1, 0.15) is 6.04 Å². The van der Waals surface area contributed by atoms with E-state index >= 15 is 0 Å². The molecule has 0 saturated carbocycles. The lowest BCUT2D eigenvalue weighted by molar-refractivity contribution is -0.128. The molecule has 1 aliphatic rings. The maximum Gasteiger partial charge on any atom is 0.264 e. The third-order valence-corrected chi connectivity index (χ3v) is 9.64. The fourth-order valence-corrected chi connectivity index (χ4v) is 6.83. The first-order valence-electron chi connectivity index (χ1n) is 14.3. The van der Waals surface area contributed by atoms with Gasteiger partial charge in [0.15, 0.2) is 0 Å². The number of aryl methyl sites for hydroxylation is 1. The number of para-hydroxylation sites is 2. The summed E-state index contributed by atoms with van der Waals surface area (Å²) in [7, 11) is -2.60. The molecule has 5 rings (SSSR count). The Labute approximate surface area is 269 Å². The fraction of sp³-hybridized carbons (Fsp3) is 0.242. The number of carbonyl (C=O) groups is 3. The van der Waals surface area contributed by atoms with Gasteiger partial charge in [0.25, 0.3) is 15.9 Å². The first-order chi connectivity index (χ1) is 21.0. The largest absolute Gasteiger partial charge is 0.341 e. The second kappa shape index (κ2) is 13.7. The minimum absolute atomic E-state index is 0. The number of benzene rings is 4. The van der Waals surface area contributed by atoms with Crippen molar-refractivity contribution in [2.45, 2.75) is 44.3 Å². The molecule has 10 nitrogen and oxygen atoms in total. The Balaban J connectivity index is 0.00000461. The molecule has 236 valence electrons. The van der Waals surface area contributed by atoms with Crippen molar-refractivity contribution in [2.75, 3.05) is 28.1 Å². The molecule has 45 heavy (non-hydrogen) atoms. The summed E-state index contributed by atoms with van der Waals surface area (Å²) in [5, 5.41) is 10.3. The van der Waals surface area contributed by atoms with Crippen LogP contribution in [0.4, 0.5) is 17.1 Å². The van der Waals surface area contributed by atoms with Gasteiger partial charge in [-0.05, 0) is 79.2 Å². The number of rotatable bonds is 8. The minimum Gasteiger partial charge on any atom is -0.341 e. The highest BCUT2D eigenvalue weighted by Gasteiger charge is 2.40. The van der Waals surface area contributed by atoms with Crippen LogP contribution >= 0.6 is 12.4 Å². The number of sulfonamides is 1.